The lowest BCUT2D eigenvalue weighted by molar-refractivity contribution is -0.0363. The van der Waals surface area contributed by atoms with Crippen LogP contribution in [-0.4, -0.2) is 35.6 Å². The maximum absolute atomic E-state index is 9.07. The van der Waals surface area contributed by atoms with Gasteiger partial charge in [-0.1, -0.05) is 6.92 Å². The molecule has 0 spiro atoms. The van der Waals surface area contributed by atoms with E-state index in [2.05, 4.69) is 0 Å². The quantitative estimate of drug-likeness (QED) is 0.583. The monoisotopic (exact) mass is 148 g/mol. The van der Waals surface area contributed by atoms with Crippen molar-refractivity contribution in [3.63, 3.8) is 0 Å². The molecule has 0 aliphatic carbocycles. The van der Waals surface area contributed by atoms with Gasteiger partial charge in [0.1, 0.15) is 6.10 Å². The number of ether oxygens (including phenoxy) is 1. The van der Waals surface area contributed by atoms with E-state index < -0.39 is 12.2 Å². The molecule has 3 heteroatoms. The van der Waals surface area contributed by atoms with Gasteiger partial charge in [0.15, 0.2) is 0 Å². The van der Waals surface area contributed by atoms with Crippen LogP contribution in [0.2, 0.25) is 0 Å². The molecule has 0 bridgehead atoms. The van der Waals surface area contributed by atoms with Gasteiger partial charge in [0.25, 0.3) is 0 Å². The number of aliphatic hydroxyl groups excluding tert-OH is 2. The highest BCUT2D eigenvalue weighted by Gasteiger charge is 2.12. The van der Waals surface area contributed by atoms with Crippen LogP contribution in [0.25, 0.3) is 0 Å². The van der Waals surface area contributed by atoms with Crippen LogP contribution in [0.4, 0.5) is 0 Å². The predicted molar refractivity (Wildman–Crippen MR) is 38.8 cm³/mol. The van der Waals surface area contributed by atoms with Gasteiger partial charge in [-0.2, -0.15) is 0 Å². The second-order valence-electron chi connectivity index (χ2n) is 2.20. The van der Waals surface area contributed by atoms with Crippen molar-refractivity contribution in [1.82, 2.24) is 0 Å². The van der Waals surface area contributed by atoms with Crippen LogP contribution in [0.3, 0.4) is 0 Å². The van der Waals surface area contributed by atoms with Crippen molar-refractivity contribution in [3.05, 3.63) is 0 Å². The average molecular weight is 148 g/mol. The van der Waals surface area contributed by atoms with E-state index in [1.165, 1.54) is 0 Å². The highest BCUT2D eigenvalue weighted by atomic mass is 16.5. The second-order valence-corrected chi connectivity index (χ2v) is 2.20. The van der Waals surface area contributed by atoms with E-state index in [1.807, 2.05) is 13.8 Å². The molecular formula is C7H16O3. The third-order valence-corrected chi connectivity index (χ3v) is 1.36. The first-order chi connectivity index (χ1) is 4.72. The van der Waals surface area contributed by atoms with Gasteiger partial charge >= 0.3 is 0 Å². The minimum atomic E-state index is -0.732. The van der Waals surface area contributed by atoms with Gasteiger partial charge < -0.3 is 14.9 Å². The summed E-state index contributed by atoms with van der Waals surface area (Å²) >= 11 is 0. The molecule has 0 aliphatic rings. The molecule has 0 aliphatic heterocycles. The summed E-state index contributed by atoms with van der Waals surface area (Å²) in [5.41, 5.74) is 0. The average Bonchev–Trinajstić information content (AvgIpc) is 1.98. The largest absolute Gasteiger partial charge is 0.390 e. The van der Waals surface area contributed by atoms with Gasteiger partial charge in [0, 0.05) is 6.61 Å². The summed E-state index contributed by atoms with van der Waals surface area (Å²) in [6, 6.07) is 0. The Balaban J connectivity index is 3.31. The molecule has 0 saturated carbocycles. The summed E-state index contributed by atoms with van der Waals surface area (Å²) in [5, 5.41) is 18.1. The van der Waals surface area contributed by atoms with E-state index in [9.17, 15) is 0 Å². The molecule has 3 nitrogen and oxygen atoms in total. The number of aliphatic hydroxyl groups is 2. The van der Waals surface area contributed by atoms with Crippen LogP contribution in [0, 0.1) is 0 Å². The lowest BCUT2D eigenvalue weighted by Gasteiger charge is -2.14. The Morgan fingerprint density at radius 1 is 1.20 bits per heavy atom. The molecular weight excluding hydrogens is 132 g/mol. The number of rotatable bonds is 5. The van der Waals surface area contributed by atoms with Crippen LogP contribution in [-0.2, 0) is 4.74 Å². The zero-order valence-corrected chi connectivity index (χ0v) is 6.58. The fraction of sp³-hybridized carbons (Fsp3) is 1.00. The van der Waals surface area contributed by atoms with Crippen molar-refractivity contribution < 1.29 is 14.9 Å². The SMILES string of the molecule is CCOCC(O)C(O)CC. The van der Waals surface area contributed by atoms with Gasteiger partial charge in [-0.25, -0.2) is 0 Å². The van der Waals surface area contributed by atoms with Gasteiger partial charge in [-0.15, -0.1) is 0 Å². The Bertz CT molecular complexity index is 75.3. The van der Waals surface area contributed by atoms with E-state index in [0.717, 1.165) is 0 Å². The van der Waals surface area contributed by atoms with Crippen molar-refractivity contribution in [3.8, 4) is 0 Å². The van der Waals surface area contributed by atoms with Crippen LogP contribution in [0.1, 0.15) is 20.3 Å². The highest BCUT2D eigenvalue weighted by Crippen LogP contribution is 1.98. The normalized spacial score (nSPS) is 16.8. The third kappa shape index (κ3) is 3.82. The lowest BCUT2D eigenvalue weighted by Crippen LogP contribution is -2.29. The third-order valence-electron chi connectivity index (χ3n) is 1.36. The Hall–Kier alpha value is -0.120. The Morgan fingerprint density at radius 2 is 1.80 bits per heavy atom. The maximum atomic E-state index is 9.07. The van der Waals surface area contributed by atoms with Crippen LogP contribution < -0.4 is 0 Å². The fourth-order valence-electron chi connectivity index (χ4n) is 0.622. The van der Waals surface area contributed by atoms with Crippen molar-refractivity contribution >= 4 is 0 Å². The zero-order chi connectivity index (χ0) is 7.98. The first kappa shape index (κ1) is 9.88. The maximum Gasteiger partial charge on any atom is 0.103 e. The van der Waals surface area contributed by atoms with E-state index in [1.54, 1.807) is 0 Å². The summed E-state index contributed by atoms with van der Waals surface area (Å²) < 4.78 is 4.91. The van der Waals surface area contributed by atoms with Crippen molar-refractivity contribution in [2.45, 2.75) is 32.5 Å². The number of hydrogen-bond donors (Lipinski definition) is 2. The smallest absolute Gasteiger partial charge is 0.103 e. The molecule has 0 aromatic rings. The van der Waals surface area contributed by atoms with Gasteiger partial charge in [-0.05, 0) is 13.3 Å². The van der Waals surface area contributed by atoms with E-state index in [0.29, 0.717) is 13.0 Å². The molecule has 62 valence electrons. The zero-order valence-electron chi connectivity index (χ0n) is 6.58. The predicted octanol–water partition coefficient (Wildman–Crippen LogP) is 0.155. The van der Waals surface area contributed by atoms with E-state index >= 15 is 0 Å². The molecule has 2 unspecified atom stereocenters. The van der Waals surface area contributed by atoms with Crippen LogP contribution in [0.15, 0.2) is 0 Å². The minimum Gasteiger partial charge on any atom is -0.390 e. The molecule has 0 radical (unpaired) electrons. The lowest BCUT2D eigenvalue weighted by atomic mass is 10.2. The van der Waals surface area contributed by atoms with E-state index in [4.69, 9.17) is 14.9 Å². The summed E-state index contributed by atoms with van der Waals surface area (Å²) in [6.45, 7) is 4.48. The summed E-state index contributed by atoms with van der Waals surface area (Å²) in [7, 11) is 0. The molecule has 0 aromatic carbocycles. The van der Waals surface area contributed by atoms with Crippen molar-refractivity contribution in [1.29, 1.82) is 0 Å². The molecule has 0 fully saturated rings. The summed E-state index contributed by atoms with van der Waals surface area (Å²) in [4.78, 5) is 0. The fourth-order valence-corrected chi connectivity index (χ4v) is 0.622. The molecule has 0 rings (SSSR count). The van der Waals surface area contributed by atoms with E-state index in [-0.39, 0.29) is 6.61 Å². The molecule has 0 saturated heterocycles. The van der Waals surface area contributed by atoms with Gasteiger partial charge in [0.2, 0.25) is 0 Å². The summed E-state index contributed by atoms with van der Waals surface area (Å²) in [6.07, 6.45) is -0.815. The van der Waals surface area contributed by atoms with Gasteiger partial charge in [0.05, 0.1) is 12.7 Å². The second kappa shape index (κ2) is 5.65. The molecule has 0 heterocycles. The molecule has 2 N–H and O–H groups in total. The first-order valence-electron chi connectivity index (χ1n) is 3.66. The Kier molecular flexibility index (Phi) is 5.58. The Morgan fingerprint density at radius 3 is 2.20 bits per heavy atom. The standard InChI is InChI=1S/C7H16O3/c1-3-6(8)7(9)5-10-4-2/h6-9H,3-5H2,1-2H3. The minimum absolute atomic E-state index is 0.228. The topological polar surface area (TPSA) is 49.7 Å². The molecule has 0 aromatic heterocycles. The Labute approximate surface area is 61.6 Å². The first-order valence-corrected chi connectivity index (χ1v) is 3.66. The molecule has 0 amide bonds. The van der Waals surface area contributed by atoms with Crippen molar-refractivity contribution in [2.75, 3.05) is 13.2 Å². The van der Waals surface area contributed by atoms with Gasteiger partial charge in [-0.3, -0.25) is 0 Å². The molecule has 2 atom stereocenters. The van der Waals surface area contributed by atoms with Crippen LogP contribution in [0.5, 0.6) is 0 Å². The highest BCUT2D eigenvalue weighted by molar-refractivity contribution is 4.63. The summed E-state index contributed by atoms with van der Waals surface area (Å²) in [5.74, 6) is 0. The van der Waals surface area contributed by atoms with Crippen LogP contribution >= 0.6 is 0 Å². The van der Waals surface area contributed by atoms with Crippen molar-refractivity contribution in [2.24, 2.45) is 0 Å². The molecule has 10 heavy (non-hydrogen) atoms. The number of hydrogen-bond acceptors (Lipinski definition) is 3.